The van der Waals surface area contributed by atoms with Gasteiger partial charge in [-0.2, -0.15) is 0 Å². The normalized spacial score (nSPS) is 23.0. The van der Waals surface area contributed by atoms with Crippen molar-refractivity contribution in [3.05, 3.63) is 30.1 Å². The summed E-state index contributed by atoms with van der Waals surface area (Å²) in [6.45, 7) is 0. The number of rotatable bonds is 2. The third-order valence-electron chi connectivity index (χ3n) is 2.56. The Morgan fingerprint density at radius 2 is 2.07 bits per heavy atom. The minimum Gasteiger partial charge on any atom is -0.298 e. The fourth-order valence-electron chi connectivity index (χ4n) is 1.77. The molecule has 0 aliphatic heterocycles. The van der Waals surface area contributed by atoms with Crippen molar-refractivity contribution in [2.24, 2.45) is 0 Å². The Morgan fingerprint density at radius 1 is 1.33 bits per heavy atom. The van der Waals surface area contributed by atoms with Crippen LogP contribution in [0.25, 0.3) is 0 Å². The Hall–Kier alpha value is -1.03. The first-order valence-corrected chi connectivity index (χ1v) is 6.09. The number of carbonyl (C=O) groups excluding carboxylic acids is 1. The van der Waals surface area contributed by atoms with Gasteiger partial charge in [0.25, 0.3) is 0 Å². The maximum atomic E-state index is 13.3. The van der Waals surface area contributed by atoms with E-state index in [2.05, 4.69) is 0 Å². The van der Waals surface area contributed by atoms with Crippen LogP contribution in [-0.2, 0) is 15.6 Å². The molecule has 15 heavy (non-hydrogen) atoms. The molecule has 1 aliphatic rings. The van der Waals surface area contributed by atoms with Crippen LogP contribution in [0.4, 0.5) is 4.39 Å². The molecule has 0 heterocycles. The number of ketones is 1. The van der Waals surface area contributed by atoms with Crippen molar-refractivity contribution in [1.29, 1.82) is 0 Å². The average molecular weight is 226 g/mol. The summed E-state index contributed by atoms with van der Waals surface area (Å²) in [5.41, 5.74) is 0. The Morgan fingerprint density at radius 3 is 2.67 bits per heavy atom. The van der Waals surface area contributed by atoms with E-state index in [-0.39, 0.29) is 10.7 Å². The zero-order valence-electron chi connectivity index (χ0n) is 8.11. The van der Waals surface area contributed by atoms with Crippen LogP contribution in [0.1, 0.15) is 19.3 Å². The molecule has 2 atom stereocenters. The second-order valence-electron chi connectivity index (χ2n) is 3.58. The minimum atomic E-state index is -1.52. The van der Waals surface area contributed by atoms with E-state index in [9.17, 15) is 13.4 Å². The highest BCUT2D eigenvalue weighted by atomic mass is 32.2. The Labute approximate surface area is 90.0 Å². The van der Waals surface area contributed by atoms with Crippen LogP contribution in [0.3, 0.4) is 0 Å². The highest BCUT2D eigenvalue weighted by Gasteiger charge is 2.31. The van der Waals surface area contributed by atoms with Gasteiger partial charge < -0.3 is 0 Å². The Bertz CT molecular complexity index is 417. The van der Waals surface area contributed by atoms with Gasteiger partial charge in [0.2, 0.25) is 0 Å². The molecule has 0 bridgehead atoms. The number of halogens is 1. The zero-order chi connectivity index (χ0) is 10.8. The maximum Gasteiger partial charge on any atom is 0.148 e. The van der Waals surface area contributed by atoms with Crippen LogP contribution in [0.15, 0.2) is 29.2 Å². The summed E-state index contributed by atoms with van der Waals surface area (Å²) < 4.78 is 25.2. The quantitative estimate of drug-likeness (QED) is 0.773. The van der Waals surface area contributed by atoms with Crippen molar-refractivity contribution in [2.45, 2.75) is 29.4 Å². The lowest BCUT2D eigenvalue weighted by Crippen LogP contribution is -2.20. The predicted octanol–water partition coefficient (Wildman–Crippen LogP) is 2.05. The minimum absolute atomic E-state index is 0.00316. The van der Waals surface area contributed by atoms with Crippen LogP contribution in [0.2, 0.25) is 0 Å². The molecule has 1 fully saturated rings. The summed E-state index contributed by atoms with van der Waals surface area (Å²) in [4.78, 5) is 11.5. The third-order valence-corrected chi connectivity index (χ3v) is 4.34. The maximum absolute atomic E-state index is 13.3. The lowest BCUT2D eigenvalue weighted by atomic mass is 10.3. The number of hydrogen-bond acceptors (Lipinski definition) is 2. The van der Waals surface area contributed by atoms with E-state index in [4.69, 9.17) is 0 Å². The smallest absolute Gasteiger partial charge is 0.148 e. The number of benzene rings is 1. The fraction of sp³-hybridized carbons (Fsp3) is 0.364. The van der Waals surface area contributed by atoms with Gasteiger partial charge in [-0.3, -0.25) is 9.00 Å². The van der Waals surface area contributed by atoms with Crippen molar-refractivity contribution in [2.75, 3.05) is 0 Å². The van der Waals surface area contributed by atoms with Gasteiger partial charge in [0, 0.05) is 6.42 Å². The molecule has 1 aromatic rings. The molecular weight excluding hydrogens is 215 g/mol. The van der Waals surface area contributed by atoms with E-state index in [1.807, 2.05) is 0 Å². The SMILES string of the molecule is O=C1CCCC1S(=O)c1ccccc1F. The molecule has 0 spiro atoms. The fourth-order valence-corrected chi connectivity index (χ4v) is 3.29. The van der Waals surface area contributed by atoms with E-state index < -0.39 is 21.9 Å². The first-order chi connectivity index (χ1) is 7.20. The molecule has 2 nitrogen and oxygen atoms in total. The first-order valence-electron chi connectivity index (χ1n) is 4.88. The lowest BCUT2D eigenvalue weighted by molar-refractivity contribution is -0.117. The molecule has 1 aromatic carbocycles. The van der Waals surface area contributed by atoms with Crippen molar-refractivity contribution in [3.63, 3.8) is 0 Å². The number of Topliss-reactive ketones (excluding diaryl/α,β-unsaturated/α-hetero) is 1. The topological polar surface area (TPSA) is 34.1 Å². The largest absolute Gasteiger partial charge is 0.298 e. The van der Waals surface area contributed by atoms with Crippen LogP contribution in [0, 0.1) is 5.82 Å². The molecule has 2 rings (SSSR count). The predicted molar refractivity (Wildman–Crippen MR) is 55.5 cm³/mol. The van der Waals surface area contributed by atoms with E-state index in [1.54, 1.807) is 12.1 Å². The second kappa shape index (κ2) is 4.23. The van der Waals surface area contributed by atoms with Crippen LogP contribution in [-0.4, -0.2) is 15.2 Å². The summed E-state index contributed by atoms with van der Waals surface area (Å²) in [5.74, 6) is -0.493. The van der Waals surface area contributed by atoms with Crippen molar-refractivity contribution in [3.8, 4) is 0 Å². The third kappa shape index (κ3) is 2.00. The zero-order valence-corrected chi connectivity index (χ0v) is 8.93. The van der Waals surface area contributed by atoms with Gasteiger partial charge in [0.1, 0.15) is 11.6 Å². The highest BCUT2D eigenvalue weighted by molar-refractivity contribution is 7.86. The molecule has 0 N–H and O–H groups in total. The van der Waals surface area contributed by atoms with Gasteiger partial charge >= 0.3 is 0 Å². The highest BCUT2D eigenvalue weighted by Crippen LogP contribution is 2.25. The molecule has 2 unspecified atom stereocenters. The van der Waals surface area contributed by atoms with Crippen molar-refractivity contribution < 1.29 is 13.4 Å². The molecule has 0 amide bonds. The number of hydrogen-bond donors (Lipinski definition) is 0. The molecule has 80 valence electrons. The molecule has 1 aliphatic carbocycles. The van der Waals surface area contributed by atoms with Gasteiger partial charge in [-0.15, -0.1) is 0 Å². The first kappa shape index (κ1) is 10.5. The molecule has 1 saturated carbocycles. The van der Waals surface area contributed by atoms with Crippen molar-refractivity contribution in [1.82, 2.24) is 0 Å². The summed E-state index contributed by atoms with van der Waals surface area (Å²) in [5, 5.41) is -0.498. The standard InChI is InChI=1S/C11H11FO2S/c12-8-4-1-2-6-10(8)15(14)11-7-3-5-9(11)13/h1-2,4,6,11H,3,5,7H2. The lowest BCUT2D eigenvalue weighted by Gasteiger charge is -2.08. The Kier molecular flexibility index (Phi) is 2.95. The van der Waals surface area contributed by atoms with E-state index in [1.165, 1.54) is 12.1 Å². The molecule has 4 heteroatoms. The summed E-state index contributed by atoms with van der Waals surface area (Å²) in [7, 11) is -1.52. The second-order valence-corrected chi connectivity index (χ2v) is 5.18. The van der Waals surface area contributed by atoms with Gasteiger partial charge in [-0.1, -0.05) is 12.1 Å². The van der Waals surface area contributed by atoms with Gasteiger partial charge in [-0.05, 0) is 25.0 Å². The summed E-state index contributed by atoms with van der Waals surface area (Å²) in [6, 6.07) is 5.94. The van der Waals surface area contributed by atoms with Crippen LogP contribution < -0.4 is 0 Å². The van der Waals surface area contributed by atoms with E-state index in [0.717, 1.165) is 6.42 Å². The average Bonchev–Trinajstić information content (AvgIpc) is 2.64. The van der Waals surface area contributed by atoms with Crippen LogP contribution in [0.5, 0.6) is 0 Å². The molecule has 0 saturated heterocycles. The summed E-state index contributed by atoms with van der Waals surface area (Å²) in [6.07, 6.45) is 1.86. The van der Waals surface area contributed by atoms with E-state index in [0.29, 0.717) is 12.8 Å². The summed E-state index contributed by atoms with van der Waals surface area (Å²) >= 11 is 0. The van der Waals surface area contributed by atoms with Gasteiger partial charge in [0.05, 0.1) is 20.9 Å². The molecule has 0 aromatic heterocycles. The molecule has 0 radical (unpaired) electrons. The monoisotopic (exact) mass is 226 g/mol. The van der Waals surface area contributed by atoms with E-state index >= 15 is 0 Å². The van der Waals surface area contributed by atoms with Crippen molar-refractivity contribution >= 4 is 16.6 Å². The van der Waals surface area contributed by atoms with Gasteiger partial charge in [-0.25, -0.2) is 4.39 Å². The van der Waals surface area contributed by atoms with Gasteiger partial charge in [0.15, 0.2) is 0 Å². The van der Waals surface area contributed by atoms with Crippen LogP contribution >= 0.6 is 0 Å². The number of carbonyl (C=O) groups is 1. The Balaban J connectivity index is 2.28. The molecular formula is C11H11FO2S.